The third-order valence-electron chi connectivity index (χ3n) is 5.33. The number of halogens is 1. The largest absolute Gasteiger partial charge is 0.298 e. The Hall–Kier alpha value is -2.66. The number of piperidine rings is 1. The third-order valence-corrected chi connectivity index (χ3v) is 5.33. The lowest BCUT2D eigenvalue weighted by atomic mass is 9.93. The quantitative estimate of drug-likeness (QED) is 0.652. The van der Waals surface area contributed by atoms with Crippen molar-refractivity contribution >= 4 is 0 Å². The normalized spacial score (nSPS) is 17.6. The van der Waals surface area contributed by atoms with Crippen molar-refractivity contribution in [1.29, 1.82) is 0 Å². The van der Waals surface area contributed by atoms with E-state index in [1.165, 1.54) is 6.07 Å². The molecule has 0 unspecified atom stereocenters. The monoisotopic (exact) mass is 376 g/mol. The van der Waals surface area contributed by atoms with E-state index in [1.54, 1.807) is 12.1 Å². The molecule has 28 heavy (non-hydrogen) atoms. The van der Waals surface area contributed by atoms with Gasteiger partial charge in [0.1, 0.15) is 11.6 Å². The van der Waals surface area contributed by atoms with Gasteiger partial charge in [-0.15, -0.1) is 0 Å². The lowest BCUT2D eigenvalue weighted by Crippen LogP contribution is -2.34. The van der Waals surface area contributed by atoms with Crippen molar-refractivity contribution < 1.29 is 4.39 Å². The summed E-state index contributed by atoms with van der Waals surface area (Å²) >= 11 is 0. The van der Waals surface area contributed by atoms with Crippen molar-refractivity contribution in [2.24, 2.45) is 0 Å². The van der Waals surface area contributed by atoms with Crippen LogP contribution in [0, 0.1) is 5.82 Å². The molecule has 1 aliphatic rings. The summed E-state index contributed by atoms with van der Waals surface area (Å²) in [5.74, 6) is 1.01. The second kappa shape index (κ2) is 8.57. The van der Waals surface area contributed by atoms with Gasteiger partial charge in [0.25, 0.3) is 0 Å². The summed E-state index contributed by atoms with van der Waals surface area (Å²) in [6.07, 6.45) is 6.97. The highest BCUT2D eigenvalue weighted by Gasteiger charge is 2.23. The maximum absolute atomic E-state index is 14.1. The number of hydrogen-bond acceptors (Lipinski definition) is 4. The third kappa shape index (κ3) is 4.25. The molecule has 0 amide bonds. The van der Waals surface area contributed by atoms with Crippen LogP contribution >= 0.6 is 0 Å². The lowest BCUT2D eigenvalue weighted by molar-refractivity contribution is 0.198. The van der Waals surface area contributed by atoms with Crippen LogP contribution in [0.4, 0.5) is 4.39 Å². The number of benzene rings is 1. The van der Waals surface area contributed by atoms with Gasteiger partial charge in [-0.1, -0.05) is 25.1 Å². The number of nitrogens with zero attached hydrogens (tertiary/aromatic N) is 4. The van der Waals surface area contributed by atoms with Crippen molar-refractivity contribution in [2.75, 3.05) is 13.1 Å². The fourth-order valence-corrected chi connectivity index (χ4v) is 3.84. The van der Waals surface area contributed by atoms with E-state index in [0.29, 0.717) is 17.2 Å². The molecule has 1 saturated heterocycles. The van der Waals surface area contributed by atoms with Crippen molar-refractivity contribution in [2.45, 2.75) is 38.6 Å². The predicted octanol–water partition coefficient (Wildman–Crippen LogP) is 4.62. The summed E-state index contributed by atoms with van der Waals surface area (Å²) < 4.78 is 14.1. The minimum atomic E-state index is -0.229. The fourth-order valence-electron chi connectivity index (χ4n) is 3.84. The standard InChI is InChI=1S/C23H25FN4/c1-2-23-25-13-17(14-26-23)15-28-12-6-7-18(16-28)21-10-5-11-22(27-21)19-8-3-4-9-20(19)24/h3-5,8-11,13-14,18H,2,6-7,12,15-16H2,1H3/t18-/m1/s1. The summed E-state index contributed by atoms with van der Waals surface area (Å²) in [6, 6.07) is 12.8. The molecule has 0 radical (unpaired) electrons. The Morgan fingerprint density at radius 1 is 1.07 bits per heavy atom. The zero-order chi connectivity index (χ0) is 19.3. The van der Waals surface area contributed by atoms with Crippen LogP contribution in [0.25, 0.3) is 11.3 Å². The van der Waals surface area contributed by atoms with Crippen molar-refractivity contribution in [1.82, 2.24) is 19.9 Å². The molecule has 4 nitrogen and oxygen atoms in total. The van der Waals surface area contributed by atoms with Crippen LogP contribution in [0.3, 0.4) is 0 Å². The Bertz CT molecular complexity index is 926. The van der Waals surface area contributed by atoms with Gasteiger partial charge >= 0.3 is 0 Å². The van der Waals surface area contributed by atoms with E-state index < -0.39 is 0 Å². The summed E-state index contributed by atoms with van der Waals surface area (Å²) in [7, 11) is 0. The topological polar surface area (TPSA) is 41.9 Å². The Balaban J connectivity index is 1.48. The molecular weight excluding hydrogens is 351 g/mol. The van der Waals surface area contributed by atoms with Crippen LogP contribution in [-0.2, 0) is 13.0 Å². The molecule has 0 aliphatic carbocycles. The first kappa shape index (κ1) is 18.7. The number of rotatable bonds is 5. The highest BCUT2D eigenvalue weighted by atomic mass is 19.1. The van der Waals surface area contributed by atoms with Gasteiger partial charge in [-0.3, -0.25) is 9.88 Å². The van der Waals surface area contributed by atoms with Gasteiger partial charge in [0.05, 0.1) is 5.69 Å². The first-order valence-corrected chi connectivity index (χ1v) is 9.97. The Morgan fingerprint density at radius 3 is 2.68 bits per heavy atom. The fraction of sp³-hybridized carbons (Fsp3) is 0.348. The molecule has 144 valence electrons. The molecule has 3 aromatic rings. The van der Waals surface area contributed by atoms with E-state index in [0.717, 1.165) is 56.0 Å². The number of likely N-dealkylation sites (tertiary alicyclic amines) is 1. The van der Waals surface area contributed by atoms with Crippen LogP contribution in [0.2, 0.25) is 0 Å². The van der Waals surface area contributed by atoms with Gasteiger partial charge < -0.3 is 0 Å². The van der Waals surface area contributed by atoms with E-state index in [2.05, 4.69) is 27.9 Å². The minimum Gasteiger partial charge on any atom is -0.298 e. The van der Waals surface area contributed by atoms with Gasteiger partial charge in [-0.05, 0) is 43.7 Å². The first-order chi connectivity index (χ1) is 13.7. The zero-order valence-electron chi connectivity index (χ0n) is 16.2. The van der Waals surface area contributed by atoms with Gasteiger partial charge in [-0.25, -0.2) is 14.4 Å². The molecule has 5 heteroatoms. The minimum absolute atomic E-state index is 0.229. The number of pyridine rings is 1. The lowest BCUT2D eigenvalue weighted by Gasteiger charge is -2.32. The van der Waals surface area contributed by atoms with Gasteiger partial charge in [0.15, 0.2) is 0 Å². The van der Waals surface area contributed by atoms with Crippen LogP contribution in [0.5, 0.6) is 0 Å². The van der Waals surface area contributed by atoms with E-state index >= 15 is 0 Å². The van der Waals surface area contributed by atoms with Crippen LogP contribution < -0.4 is 0 Å². The van der Waals surface area contributed by atoms with Gasteiger partial charge in [-0.2, -0.15) is 0 Å². The molecule has 1 atom stereocenters. The maximum atomic E-state index is 14.1. The summed E-state index contributed by atoms with van der Waals surface area (Å²) in [4.78, 5) is 16.1. The number of hydrogen-bond donors (Lipinski definition) is 0. The molecule has 3 heterocycles. The Morgan fingerprint density at radius 2 is 1.89 bits per heavy atom. The molecule has 0 saturated carbocycles. The first-order valence-electron chi connectivity index (χ1n) is 9.97. The van der Waals surface area contributed by atoms with Crippen LogP contribution in [-0.4, -0.2) is 32.9 Å². The average Bonchev–Trinajstić information content (AvgIpc) is 2.75. The maximum Gasteiger partial charge on any atom is 0.132 e. The highest BCUT2D eigenvalue weighted by Crippen LogP contribution is 2.29. The zero-order valence-corrected chi connectivity index (χ0v) is 16.2. The molecule has 1 aliphatic heterocycles. The Labute approximate surface area is 165 Å². The molecular formula is C23H25FN4. The number of aromatic nitrogens is 3. The van der Waals surface area contributed by atoms with Crippen LogP contribution in [0.15, 0.2) is 54.9 Å². The second-order valence-corrected chi connectivity index (χ2v) is 7.36. The summed E-state index contributed by atoms with van der Waals surface area (Å²) in [5, 5.41) is 0. The predicted molar refractivity (Wildman–Crippen MR) is 108 cm³/mol. The second-order valence-electron chi connectivity index (χ2n) is 7.36. The molecule has 0 bridgehead atoms. The molecule has 4 rings (SSSR count). The molecule has 2 aromatic heterocycles. The SMILES string of the molecule is CCc1ncc(CN2CCC[C@@H](c3cccc(-c4ccccc4F)n3)C2)cn1. The van der Waals surface area contributed by atoms with E-state index in [9.17, 15) is 4.39 Å². The average molecular weight is 376 g/mol. The Kier molecular flexibility index (Phi) is 5.72. The molecule has 0 N–H and O–H groups in total. The van der Waals surface area contributed by atoms with Gasteiger partial charge in [0, 0.05) is 54.6 Å². The molecule has 0 spiro atoms. The van der Waals surface area contributed by atoms with Crippen molar-refractivity contribution in [3.05, 3.63) is 77.8 Å². The number of aryl methyl sites for hydroxylation is 1. The summed E-state index contributed by atoms with van der Waals surface area (Å²) in [6.45, 7) is 4.93. The van der Waals surface area contributed by atoms with Gasteiger partial charge in [0.2, 0.25) is 0 Å². The van der Waals surface area contributed by atoms with E-state index in [-0.39, 0.29) is 5.82 Å². The van der Waals surface area contributed by atoms with E-state index in [1.807, 2.05) is 30.6 Å². The molecule has 1 fully saturated rings. The smallest absolute Gasteiger partial charge is 0.132 e. The highest BCUT2D eigenvalue weighted by molar-refractivity contribution is 5.59. The molecule has 1 aromatic carbocycles. The van der Waals surface area contributed by atoms with Crippen molar-refractivity contribution in [3.63, 3.8) is 0 Å². The summed E-state index contributed by atoms with van der Waals surface area (Å²) in [5.41, 5.74) is 3.45. The van der Waals surface area contributed by atoms with Crippen molar-refractivity contribution in [3.8, 4) is 11.3 Å². The van der Waals surface area contributed by atoms with Crippen LogP contribution in [0.1, 0.15) is 42.8 Å². The van der Waals surface area contributed by atoms with E-state index in [4.69, 9.17) is 4.98 Å².